The molecule has 2 fully saturated rings. The molecule has 2 atom stereocenters. The number of carbonyl (C=O) groups is 2. The van der Waals surface area contributed by atoms with Gasteiger partial charge in [0.15, 0.2) is 0 Å². The lowest BCUT2D eigenvalue weighted by Crippen LogP contribution is -2.63. The van der Waals surface area contributed by atoms with Crippen LogP contribution in [0.25, 0.3) is 0 Å². The lowest BCUT2D eigenvalue weighted by molar-refractivity contribution is -0.157. The molecule has 1 aliphatic carbocycles. The fraction of sp³-hybridized carbons (Fsp3) is 0.867. The number of alkyl halides is 3. The molecule has 9 heteroatoms. The summed E-state index contributed by atoms with van der Waals surface area (Å²) in [6, 6.07) is -0.658. The summed E-state index contributed by atoms with van der Waals surface area (Å²) in [6.45, 7) is 5.80. The third-order valence-corrected chi connectivity index (χ3v) is 4.59. The summed E-state index contributed by atoms with van der Waals surface area (Å²) in [5.74, 6) is -0.698. The number of ether oxygens (including phenoxy) is 1. The van der Waals surface area contributed by atoms with E-state index in [9.17, 15) is 22.8 Å². The van der Waals surface area contributed by atoms with Crippen LogP contribution in [0.5, 0.6) is 0 Å². The molecule has 2 aliphatic rings. The van der Waals surface area contributed by atoms with Crippen LogP contribution in [0.2, 0.25) is 0 Å². The summed E-state index contributed by atoms with van der Waals surface area (Å²) in [7, 11) is 0. The summed E-state index contributed by atoms with van der Waals surface area (Å²) in [4.78, 5) is 25.6. The number of amides is 3. The van der Waals surface area contributed by atoms with Crippen LogP contribution in [0.15, 0.2) is 0 Å². The van der Waals surface area contributed by atoms with Crippen molar-refractivity contribution in [3.63, 3.8) is 0 Å². The van der Waals surface area contributed by atoms with E-state index in [0.717, 1.165) is 4.90 Å². The molecule has 0 aromatic rings. The van der Waals surface area contributed by atoms with Gasteiger partial charge < -0.3 is 15.0 Å². The summed E-state index contributed by atoms with van der Waals surface area (Å²) >= 11 is 0. The second-order valence-corrected chi connectivity index (χ2v) is 7.28. The second kappa shape index (κ2) is 6.42. The molecule has 0 aromatic carbocycles. The van der Waals surface area contributed by atoms with Crippen molar-refractivity contribution < 1.29 is 27.5 Å². The van der Waals surface area contributed by atoms with Gasteiger partial charge in [0.2, 0.25) is 5.91 Å². The van der Waals surface area contributed by atoms with Gasteiger partial charge >= 0.3 is 12.2 Å². The van der Waals surface area contributed by atoms with Crippen molar-refractivity contribution in [3.05, 3.63) is 0 Å². The van der Waals surface area contributed by atoms with Crippen molar-refractivity contribution in [2.75, 3.05) is 19.8 Å². The lowest BCUT2D eigenvalue weighted by Gasteiger charge is -2.52. The highest BCUT2D eigenvalue weighted by atomic mass is 19.4. The Morgan fingerprint density at radius 3 is 2.54 bits per heavy atom. The van der Waals surface area contributed by atoms with Crippen molar-refractivity contribution in [1.29, 1.82) is 0 Å². The zero-order chi connectivity index (χ0) is 18.3. The highest BCUT2D eigenvalue weighted by Crippen LogP contribution is 2.43. The van der Waals surface area contributed by atoms with Gasteiger partial charge in [0.25, 0.3) is 0 Å². The van der Waals surface area contributed by atoms with Crippen LogP contribution < -0.4 is 5.32 Å². The topological polar surface area (TPSA) is 61.9 Å². The van der Waals surface area contributed by atoms with Crippen molar-refractivity contribution in [1.82, 2.24) is 15.1 Å². The minimum absolute atomic E-state index is 0.0183. The number of carbonyl (C=O) groups excluding carboxylic acids is 2. The molecule has 1 aliphatic heterocycles. The van der Waals surface area contributed by atoms with E-state index in [1.807, 2.05) is 27.7 Å². The van der Waals surface area contributed by atoms with E-state index in [1.54, 1.807) is 0 Å². The molecular weight excluding hydrogens is 327 g/mol. The predicted molar refractivity (Wildman–Crippen MR) is 80.1 cm³/mol. The first kappa shape index (κ1) is 18.8. The zero-order valence-electron chi connectivity index (χ0n) is 14.3. The Balaban J connectivity index is 1.87. The minimum atomic E-state index is -4.47. The van der Waals surface area contributed by atoms with E-state index in [4.69, 9.17) is 4.74 Å². The maximum absolute atomic E-state index is 12.4. The van der Waals surface area contributed by atoms with Crippen LogP contribution in [-0.2, 0) is 9.53 Å². The Morgan fingerprint density at radius 2 is 2.04 bits per heavy atom. The van der Waals surface area contributed by atoms with Gasteiger partial charge in [0.1, 0.15) is 13.1 Å². The molecule has 0 radical (unpaired) electrons. The third kappa shape index (κ3) is 4.12. The Hall–Kier alpha value is -1.51. The molecule has 24 heavy (non-hydrogen) atoms. The maximum atomic E-state index is 12.4. The van der Waals surface area contributed by atoms with Crippen molar-refractivity contribution >= 4 is 11.9 Å². The van der Waals surface area contributed by atoms with Crippen LogP contribution >= 0.6 is 0 Å². The van der Waals surface area contributed by atoms with Gasteiger partial charge in [-0.3, -0.25) is 9.69 Å². The number of hydrogen-bond acceptors (Lipinski definition) is 3. The number of hydrogen-bond donors (Lipinski definition) is 1. The fourth-order valence-corrected chi connectivity index (χ4v) is 3.02. The average molecular weight is 351 g/mol. The molecular formula is C15H24F3N3O3. The Labute approximate surface area is 139 Å². The Kier molecular flexibility index (Phi) is 5.03. The van der Waals surface area contributed by atoms with Gasteiger partial charge in [-0.1, -0.05) is 13.8 Å². The number of nitrogens with one attached hydrogen (secondary N) is 1. The van der Waals surface area contributed by atoms with Gasteiger partial charge in [0, 0.05) is 11.5 Å². The molecule has 0 aromatic heterocycles. The van der Waals surface area contributed by atoms with Gasteiger partial charge in [-0.25, -0.2) is 4.79 Å². The molecule has 1 saturated carbocycles. The second-order valence-electron chi connectivity index (χ2n) is 7.28. The molecule has 2 unspecified atom stereocenters. The molecule has 0 bridgehead atoms. The zero-order valence-corrected chi connectivity index (χ0v) is 14.3. The fourth-order valence-electron chi connectivity index (χ4n) is 3.02. The van der Waals surface area contributed by atoms with Crippen LogP contribution in [0, 0.1) is 5.41 Å². The first-order valence-electron chi connectivity index (χ1n) is 7.95. The normalized spacial score (nSPS) is 26.8. The molecule has 0 spiro atoms. The van der Waals surface area contributed by atoms with Crippen molar-refractivity contribution in [2.24, 2.45) is 5.41 Å². The number of halogens is 3. The Morgan fingerprint density at radius 1 is 1.42 bits per heavy atom. The minimum Gasteiger partial charge on any atom is -0.375 e. The quantitative estimate of drug-likeness (QED) is 0.842. The number of nitrogens with zero attached hydrogens (tertiary/aromatic N) is 2. The van der Waals surface area contributed by atoms with E-state index in [2.05, 4.69) is 5.32 Å². The summed E-state index contributed by atoms with van der Waals surface area (Å²) in [6.07, 6.45) is -3.73. The van der Waals surface area contributed by atoms with Crippen molar-refractivity contribution in [2.45, 2.75) is 58.5 Å². The monoisotopic (exact) mass is 351 g/mol. The summed E-state index contributed by atoms with van der Waals surface area (Å²) in [5.41, 5.74) is -0.269. The highest BCUT2D eigenvalue weighted by Gasteiger charge is 2.50. The summed E-state index contributed by atoms with van der Waals surface area (Å²) in [5, 5.41) is 2.80. The first-order valence-corrected chi connectivity index (χ1v) is 7.95. The Bertz CT molecular complexity index is 508. The average Bonchev–Trinajstić information content (AvgIpc) is 2.76. The van der Waals surface area contributed by atoms with Gasteiger partial charge in [-0.15, -0.1) is 0 Å². The predicted octanol–water partition coefficient (Wildman–Crippen LogP) is 1.95. The molecule has 1 N–H and O–H groups in total. The van der Waals surface area contributed by atoms with E-state index >= 15 is 0 Å². The molecule has 6 nitrogen and oxygen atoms in total. The molecule has 1 heterocycles. The third-order valence-electron chi connectivity index (χ3n) is 4.59. The van der Waals surface area contributed by atoms with Gasteiger partial charge in [0.05, 0.1) is 18.9 Å². The molecule has 1 saturated heterocycles. The summed E-state index contributed by atoms with van der Waals surface area (Å²) < 4.78 is 43.0. The molecule has 2 rings (SSSR count). The van der Waals surface area contributed by atoms with Crippen LogP contribution in [0.1, 0.15) is 34.1 Å². The van der Waals surface area contributed by atoms with Crippen molar-refractivity contribution in [3.8, 4) is 0 Å². The SMILES string of the molecule is CC(C)OC1CC(NC(=O)N2CC(=O)N(CC(F)(F)F)C2)C1(C)C. The smallest absolute Gasteiger partial charge is 0.375 e. The molecule has 3 amide bonds. The van der Waals surface area contributed by atoms with Crippen LogP contribution in [0.4, 0.5) is 18.0 Å². The number of rotatable bonds is 4. The van der Waals surface area contributed by atoms with E-state index in [-0.39, 0.29) is 36.9 Å². The van der Waals surface area contributed by atoms with Gasteiger partial charge in [-0.05, 0) is 20.3 Å². The van der Waals surface area contributed by atoms with E-state index in [1.165, 1.54) is 0 Å². The maximum Gasteiger partial charge on any atom is 0.406 e. The van der Waals surface area contributed by atoms with Gasteiger partial charge in [-0.2, -0.15) is 13.2 Å². The van der Waals surface area contributed by atoms with E-state index < -0.39 is 24.7 Å². The first-order chi connectivity index (χ1) is 10.9. The van der Waals surface area contributed by atoms with Crippen LogP contribution in [-0.4, -0.2) is 65.9 Å². The standard InChI is InChI=1S/C15H24F3N3O3/c1-9(2)24-11-5-10(14(11,3)4)19-13(23)20-6-12(22)21(8-20)7-15(16,17)18/h9-11H,5-8H2,1-4H3,(H,19,23). The largest absolute Gasteiger partial charge is 0.406 e. The highest BCUT2D eigenvalue weighted by molar-refractivity contribution is 5.87. The van der Waals surface area contributed by atoms with Crippen LogP contribution in [0.3, 0.4) is 0 Å². The molecule has 138 valence electrons. The van der Waals surface area contributed by atoms with E-state index in [0.29, 0.717) is 11.3 Å². The lowest BCUT2D eigenvalue weighted by atomic mass is 9.64. The number of urea groups is 1.